The van der Waals surface area contributed by atoms with E-state index >= 15 is 0 Å². The number of methoxy groups -OCH3 is 1. The van der Waals surface area contributed by atoms with Crippen LogP contribution < -0.4 is 10.3 Å². The number of nitrogens with zero attached hydrogens (tertiary/aromatic N) is 2. The first kappa shape index (κ1) is 13.3. The first-order valence-electron chi connectivity index (χ1n) is 5.51. The highest BCUT2D eigenvalue weighted by atomic mass is 35.5. The molecule has 0 saturated heterocycles. The van der Waals surface area contributed by atoms with Crippen LogP contribution in [0.2, 0.25) is 5.02 Å². The quantitative estimate of drug-likeness (QED) is 0.800. The van der Waals surface area contributed by atoms with Gasteiger partial charge in [-0.15, -0.1) is 5.10 Å². The number of carbonyl (C=O) groups excluding carboxylic acids is 1. The predicted octanol–water partition coefficient (Wildman–Crippen LogP) is 1.79. The molecule has 1 aromatic heterocycles. The fraction of sp³-hybridized carbons (Fsp3) is 0.154. The molecule has 0 N–H and O–H groups in total. The van der Waals surface area contributed by atoms with E-state index in [0.29, 0.717) is 10.6 Å². The standard InChI is InChI=1S/C13H11ClN2O3/c1-19-12-6-7-13(18)16(15-12)8-11(17)9-4-2-3-5-10(9)14/h2-7H,8H2,1H3. The van der Waals surface area contributed by atoms with Gasteiger partial charge in [-0.3, -0.25) is 9.59 Å². The molecule has 1 heterocycles. The molecule has 0 radical (unpaired) electrons. The smallest absolute Gasteiger partial charge is 0.267 e. The Hall–Kier alpha value is -2.14. The van der Waals surface area contributed by atoms with Crippen LogP contribution in [0.4, 0.5) is 0 Å². The third-order valence-corrected chi connectivity index (χ3v) is 2.85. The summed E-state index contributed by atoms with van der Waals surface area (Å²) in [5.41, 5.74) is -0.0121. The minimum Gasteiger partial charge on any atom is -0.480 e. The highest BCUT2D eigenvalue weighted by Crippen LogP contribution is 2.15. The van der Waals surface area contributed by atoms with Gasteiger partial charge < -0.3 is 4.74 Å². The molecule has 98 valence electrons. The van der Waals surface area contributed by atoms with Crippen molar-refractivity contribution < 1.29 is 9.53 Å². The van der Waals surface area contributed by atoms with Crippen LogP contribution in [0.15, 0.2) is 41.2 Å². The Morgan fingerprint density at radius 2 is 2.05 bits per heavy atom. The van der Waals surface area contributed by atoms with E-state index in [1.807, 2.05) is 0 Å². The minimum atomic E-state index is -0.374. The molecule has 2 aromatic rings. The number of halogens is 1. The molecular weight excluding hydrogens is 268 g/mol. The molecule has 6 heteroatoms. The molecule has 1 aromatic carbocycles. The van der Waals surface area contributed by atoms with E-state index in [1.54, 1.807) is 24.3 Å². The third kappa shape index (κ3) is 3.00. The Morgan fingerprint density at radius 3 is 2.74 bits per heavy atom. The van der Waals surface area contributed by atoms with Gasteiger partial charge in [-0.1, -0.05) is 23.7 Å². The van der Waals surface area contributed by atoms with Gasteiger partial charge in [0, 0.05) is 17.7 Å². The summed E-state index contributed by atoms with van der Waals surface area (Å²) >= 11 is 5.93. The van der Waals surface area contributed by atoms with Crippen molar-refractivity contribution in [2.45, 2.75) is 6.54 Å². The summed E-state index contributed by atoms with van der Waals surface area (Å²) in [5, 5.41) is 4.25. The van der Waals surface area contributed by atoms with E-state index in [2.05, 4.69) is 5.10 Å². The van der Waals surface area contributed by atoms with E-state index < -0.39 is 0 Å². The lowest BCUT2D eigenvalue weighted by Gasteiger charge is -2.06. The number of aromatic nitrogens is 2. The SMILES string of the molecule is COc1ccc(=O)n(CC(=O)c2ccccc2Cl)n1. The molecular formula is C13H11ClN2O3. The number of ketones is 1. The fourth-order valence-corrected chi connectivity index (χ4v) is 1.80. The lowest BCUT2D eigenvalue weighted by atomic mass is 10.1. The summed E-state index contributed by atoms with van der Waals surface area (Å²) in [5.74, 6) is -0.0139. The van der Waals surface area contributed by atoms with Crippen molar-refractivity contribution in [1.29, 1.82) is 0 Å². The Kier molecular flexibility index (Phi) is 3.97. The van der Waals surface area contributed by atoms with Gasteiger partial charge in [0.25, 0.3) is 5.56 Å². The highest BCUT2D eigenvalue weighted by Gasteiger charge is 2.12. The average molecular weight is 279 g/mol. The molecule has 5 nitrogen and oxygen atoms in total. The number of hydrogen-bond acceptors (Lipinski definition) is 4. The van der Waals surface area contributed by atoms with Crippen LogP contribution in [-0.4, -0.2) is 22.7 Å². The van der Waals surface area contributed by atoms with Crippen molar-refractivity contribution in [2.75, 3.05) is 7.11 Å². The second kappa shape index (κ2) is 5.67. The molecule has 0 amide bonds. The maximum atomic E-state index is 12.1. The van der Waals surface area contributed by atoms with Crippen molar-refractivity contribution in [2.24, 2.45) is 0 Å². The summed E-state index contributed by atoms with van der Waals surface area (Å²) in [7, 11) is 1.44. The molecule has 0 aliphatic heterocycles. The van der Waals surface area contributed by atoms with Crippen molar-refractivity contribution in [1.82, 2.24) is 9.78 Å². The maximum Gasteiger partial charge on any atom is 0.267 e. The zero-order chi connectivity index (χ0) is 13.8. The summed E-state index contributed by atoms with van der Waals surface area (Å²) in [4.78, 5) is 23.7. The predicted molar refractivity (Wildman–Crippen MR) is 70.8 cm³/mol. The molecule has 0 spiro atoms. The molecule has 0 saturated carbocycles. The molecule has 0 unspecified atom stereocenters. The number of Topliss-reactive ketones (excluding diaryl/α,β-unsaturated/α-hetero) is 1. The van der Waals surface area contributed by atoms with E-state index in [4.69, 9.17) is 16.3 Å². The fourth-order valence-electron chi connectivity index (χ4n) is 1.56. The van der Waals surface area contributed by atoms with Crippen LogP contribution >= 0.6 is 11.6 Å². The van der Waals surface area contributed by atoms with Crippen LogP contribution in [0.1, 0.15) is 10.4 Å². The molecule has 2 rings (SSSR count). The van der Waals surface area contributed by atoms with Gasteiger partial charge in [-0.05, 0) is 12.1 Å². The second-order valence-corrected chi connectivity index (χ2v) is 4.18. The summed E-state index contributed by atoms with van der Waals surface area (Å²) in [6.45, 7) is -0.181. The zero-order valence-electron chi connectivity index (χ0n) is 10.2. The topological polar surface area (TPSA) is 61.2 Å². The second-order valence-electron chi connectivity index (χ2n) is 3.77. The Morgan fingerprint density at radius 1 is 1.32 bits per heavy atom. The van der Waals surface area contributed by atoms with Crippen LogP contribution in [0.5, 0.6) is 5.88 Å². The van der Waals surface area contributed by atoms with Gasteiger partial charge in [-0.2, -0.15) is 0 Å². The van der Waals surface area contributed by atoms with Crippen molar-refractivity contribution in [3.05, 3.63) is 57.3 Å². The van der Waals surface area contributed by atoms with Gasteiger partial charge in [0.1, 0.15) is 6.54 Å². The normalized spacial score (nSPS) is 10.2. The first-order chi connectivity index (χ1) is 9.11. The van der Waals surface area contributed by atoms with E-state index in [9.17, 15) is 9.59 Å². The van der Waals surface area contributed by atoms with E-state index in [0.717, 1.165) is 4.68 Å². The Labute approximate surface area is 114 Å². The van der Waals surface area contributed by atoms with Crippen LogP contribution in [0.3, 0.4) is 0 Å². The molecule has 0 bridgehead atoms. The molecule has 0 atom stereocenters. The monoisotopic (exact) mass is 278 g/mol. The van der Waals surface area contributed by atoms with Crippen molar-refractivity contribution in [3.8, 4) is 5.88 Å². The van der Waals surface area contributed by atoms with Gasteiger partial charge in [0.05, 0.1) is 12.1 Å². The minimum absolute atomic E-state index is 0.181. The number of rotatable bonds is 4. The highest BCUT2D eigenvalue weighted by molar-refractivity contribution is 6.33. The first-order valence-corrected chi connectivity index (χ1v) is 5.89. The number of benzene rings is 1. The van der Waals surface area contributed by atoms with Crippen LogP contribution in [0.25, 0.3) is 0 Å². The largest absolute Gasteiger partial charge is 0.480 e. The zero-order valence-corrected chi connectivity index (χ0v) is 10.9. The lowest BCUT2D eigenvalue weighted by Crippen LogP contribution is -2.26. The van der Waals surface area contributed by atoms with Crippen molar-refractivity contribution >= 4 is 17.4 Å². The number of hydrogen-bond donors (Lipinski definition) is 0. The number of ether oxygens (including phenoxy) is 1. The molecule has 0 aliphatic rings. The number of carbonyl (C=O) groups is 1. The van der Waals surface area contributed by atoms with E-state index in [-0.39, 0.29) is 23.8 Å². The lowest BCUT2D eigenvalue weighted by molar-refractivity contribution is 0.0965. The van der Waals surface area contributed by atoms with Gasteiger partial charge in [-0.25, -0.2) is 4.68 Å². The molecule has 19 heavy (non-hydrogen) atoms. The third-order valence-electron chi connectivity index (χ3n) is 2.52. The summed E-state index contributed by atoms with van der Waals surface area (Å²) in [6, 6.07) is 9.41. The Bertz CT molecular complexity index is 667. The van der Waals surface area contributed by atoms with Gasteiger partial charge >= 0.3 is 0 Å². The summed E-state index contributed by atoms with van der Waals surface area (Å²) in [6.07, 6.45) is 0. The van der Waals surface area contributed by atoms with Gasteiger partial charge in [0.15, 0.2) is 5.78 Å². The van der Waals surface area contributed by atoms with Crippen LogP contribution in [0, 0.1) is 0 Å². The maximum absolute atomic E-state index is 12.1. The molecule has 0 aliphatic carbocycles. The average Bonchev–Trinajstić information content (AvgIpc) is 2.41. The van der Waals surface area contributed by atoms with E-state index in [1.165, 1.54) is 19.2 Å². The van der Waals surface area contributed by atoms with Crippen molar-refractivity contribution in [3.63, 3.8) is 0 Å². The van der Waals surface area contributed by atoms with Gasteiger partial charge in [0.2, 0.25) is 5.88 Å². The summed E-state index contributed by atoms with van der Waals surface area (Å²) < 4.78 is 5.96. The Balaban J connectivity index is 2.29. The molecule has 0 fully saturated rings. The van der Waals surface area contributed by atoms with Crippen LogP contribution in [-0.2, 0) is 6.54 Å².